The molecule has 0 radical (unpaired) electrons. The molecule has 0 bridgehead atoms. The molecular weight excluding hydrogens is 331 g/mol. The zero-order chi connectivity index (χ0) is 17.8. The molecule has 0 saturated heterocycles. The number of nitrogens with one attached hydrogen (secondary N) is 1. The normalized spacial score (nSPS) is 21.8. The largest absolute Gasteiger partial charge is 0.342 e. The summed E-state index contributed by atoms with van der Waals surface area (Å²) < 4.78 is 15.1. The van der Waals surface area contributed by atoms with Crippen LogP contribution in [0.25, 0.3) is 22.2 Å². The Bertz CT molecular complexity index is 1020. The van der Waals surface area contributed by atoms with Crippen LogP contribution < -0.4 is 5.32 Å². The van der Waals surface area contributed by atoms with Crippen molar-refractivity contribution < 1.29 is 9.18 Å². The topological polar surface area (TPSA) is 59.8 Å². The van der Waals surface area contributed by atoms with Crippen LogP contribution in [0.4, 0.5) is 10.2 Å². The Morgan fingerprint density at radius 3 is 2.85 bits per heavy atom. The molecule has 3 aromatic rings. The number of carbonyl (C=O) groups is 1. The molecule has 0 unspecified atom stereocenters. The molecule has 3 heterocycles. The third-order valence-corrected chi connectivity index (χ3v) is 5.38. The molecule has 2 aliphatic carbocycles. The Kier molecular flexibility index (Phi) is 3.35. The number of hydrogen-bond donors (Lipinski definition) is 1. The fourth-order valence-electron chi connectivity index (χ4n) is 3.58. The smallest absolute Gasteiger partial charge is 0.231 e. The number of carbonyl (C=O) groups excluding carboxylic acids is 1. The van der Waals surface area contributed by atoms with Crippen molar-refractivity contribution in [3.05, 3.63) is 42.4 Å². The number of alkyl halides is 1. The summed E-state index contributed by atoms with van der Waals surface area (Å²) in [6.07, 6.45) is 7.30. The summed E-state index contributed by atoms with van der Waals surface area (Å²) in [6.45, 7) is 0. The van der Waals surface area contributed by atoms with Gasteiger partial charge in [0.25, 0.3) is 0 Å². The average molecular weight is 350 g/mol. The summed E-state index contributed by atoms with van der Waals surface area (Å²) >= 11 is 0. The van der Waals surface area contributed by atoms with E-state index in [1.807, 2.05) is 25.5 Å². The lowest BCUT2D eigenvalue weighted by molar-refractivity contribution is -0.117. The summed E-state index contributed by atoms with van der Waals surface area (Å²) in [5.74, 6) is 0.289. The van der Waals surface area contributed by atoms with Gasteiger partial charge in [-0.2, -0.15) is 0 Å². The summed E-state index contributed by atoms with van der Waals surface area (Å²) in [7, 11) is 2.01. The van der Waals surface area contributed by atoms with Gasteiger partial charge in [-0.25, -0.2) is 9.37 Å². The van der Waals surface area contributed by atoms with Crippen molar-refractivity contribution in [3.8, 4) is 11.3 Å². The number of rotatable bonds is 4. The van der Waals surface area contributed by atoms with Gasteiger partial charge in [-0.05, 0) is 48.9 Å². The first-order chi connectivity index (χ1) is 12.6. The molecular formula is C20H19FN4O. The molecule has 0 aliphatic heterocycles. The molecule has 2 aliphatic rings. The summed E-state index contributed by atoms with van der Waals surface area (Å²) in [4.78, 5) is 20.6. The Morgan fingerprint density at radius 2 is 2.12 bits per heavy atom. The summed E-state index contributed by atoms with van der Waals surface area (Å²) in [6, 6.07) is 6.06. The minimum Gasteiger partial charge on any atom is -0.342 e. The molecule has 2 saturated carbocycles. The highest BCUT2D eigenvalue weighted by Gasteiger charge is 2.43. The van der Waals surface area contributed by atoms with Gasteiger partial charge in [-0.3, -0.25) is 9.78 Å². The standard InChI is InChI=1S/C20H19FN4O/c1-25-17(15-9-22-5-4-13(15)11-2-3-11)6-12-7-19(23-10-18(12)25)24-20(26)14-8-16(14)21/h4-7,9-11,14,16H,2-3,8H2,1H3,(H,23,24,26)/t14-,16+/m1/s1. The second-order valence-electron chi connectivity index (χ2n) is 7.30. The fourth-order valence-corrected chi connectivity index (χ4v) is 3.58. The van der Waals surface area contributed by atoms with Crippen LogP contribution in [0.15, 0.2) is 36.8 Å². The van der Waals surface area contributed by atoms with Crippen LogP contribution in [0.2, 0.25) is 0 Å². The maximum atomic E-state index is 13.0. The van der Waals surface area contributed by atoms with Crippen molar-refractivity contribution in [2.75, 3.05) is 5.32 Å². The molecule has 6 heteroatoms. The SMILES string of the molecule is Cn1c(-c2cnccc2C2CC2)cc2cc(NC(=O)[C@@H]3C[C@@H]3F)ncc21. The van der Waals surface area contributed by atoms with Gasteiger partial charge in [-0.15, -0.1) is 0 Å². The van der Waals surface area contributed by atoms with E-state index in [2.05, 4.69) is 32.0 Å². The average Bonchev–Trinajstić information content (AvgIpc) is 3.55. The third kappa shape index (κ3) is 2.57. The molecule has 0 aromatic carbocycles. The second-order valence-corrected chi connectivity index (χ2v) is 7.30. The molecule has 1 N–H and O–H groups in total. The van der Waals surface area contributed by atoms with E-state index < -0.39 is 12.1 Å². The molecule has 5 rings (SSSR count). The van der Waals surface area contributed by atoms with Crippen molar-refractivity contribution in [1.82, 2.24) is 14.5 Å². The molecule has 132 valence electrons. The number of halogens is 1. The minimum absolute atomic E-state index is 0.288. The number of amides is 1. The number of nitrogens with zero attached hydrogens (tertiary/aromatic N) is 3. The number of hydrogen-bond acceptors (Lipinski definition) is 3. The predicted molar refractivity (Wildman–Crippen MR) is 97.6 cm³/mol. The van der Waals surface area contributed by atoms with Crippen LogP contribution in [0, 0.1) is 5.92 Å². The van der Waals surface area contributed by atoms with Gasteiger partial charge in [0.2, 0.25) is 5.91 Å². The zero-order valence-electron chi connectivity index (χ0n) is 14.4. The van der Waals surface area contributed by atoms with Crippen LogP contribution in [0.5, 0.6) is 0 Å². The van der Waals surface area contributed by atoms with E-state index in [1.54, 1.807) is 6.20 Å². The van der Waals surface area contributed by atoms with Crippen LogP contribution >= 0.6 is 0 Å². The Morgan fingerprint density at radius 1 is 1.31 bits per heavy atom. The molecule has 5 nitrogen and oxygen atoms in total. The molecule has 3 aromatic heterocycles. The van der Waals surface area contributed by atoms with E-state index in [9.17, 15) is 9.18 Å². The van der Waals surface area contributed by atoms with Gasteiger partial charge in [0.15, 0.2) is 0 Å². The molecule has 2 atom stereocenters. The van der Waals surface area contributed by atoms with E-state index in [4.69, 9.17) is 0 Å². The zero-order valence-corrected chi connectivity index (χ0v) is 14.4. The molecule has 1 amide bonds. The van der Waals surface area contributed by atoms with Gasteiger partial charge in [0, 0.05) is 30.4 Å². The van der Waals surface area contributed by atoms with Crippen molar-refractivity contribution in [2.45, 2.75) is 31.4 Å². The maximum absolute atomic E-state index is 13.0. The minimum atomic E-state index is -1.01. The quantitative estimate of drug-likeness (QED) is 0.778. The van der Waals surface area contributed by atoms with Gasteiger partial charge >= 0.3 is 0 Å². The monoisotopic (exact) mass is 350 g/mol. The van der Waals surface area contributed by atoms with Gasteiger partial charge in [0.05, 0.1) is 23.3 Å². The highest BCUT2D eigenvalue weighted by atomic mass is 19.1. The number of aryl methyl sites for hydroxylation is 1. The van der Waals surface area contributed by atoms with Crippen molar-refractivity contribution in [3.63, 3.8) is 0 Å². The van der Waals surface area contributed by atoms with Crippen LogP contribution in [0.3, 0.4) is 0 Å². The molecule has 2 fully saturated rings. The number of anilines is 1. The number of fused-ring (bicyclic) bond motifs is 1. The third-order valence-electron chi connectivity index (χ3n) is 5.38. The summed E-state index contributed by atoms with van der Waals surface area (Å²) in [5.41, 5.74) is 4.57. The first-order valence-corrected chi connectivity index (χ1v) is 8.96. The maximum Gasteiger partial charge on any atom is 0.231 e. The lowest BCUT2D eigenvalue weighted by Gasteiger charge is -2.09. The first kappa shape index (κ1) is 15.5. The number of pyridine rings is 2. The Hall–Kier alpha value is -2.76. The van der Waals surface area contributed by atoms with E-state index in [-0.39, 0.29) is 5.91 Å². The van der Waals surface area contributed by atoms with Crippen molar-refractivity contribution in [1.29, 1.82) is 0 Å². The lowest BCUT2D eigenvalue weighted by Crippen LogP contribution is -2.15. The van der Waals surface area contributed by atoms with E-state index in [0.29, 0.717) is 18.2 Å². The predicted octanol–water partition coefficient (Wildman–Crippen LogP) is 3.81. The second kappa shape index (κ2) is 5.62. The Labute approximate surface area is 150 Å². The highest BCUT2D eigenvalue weighted by molar-refractivity contribution is 5.96. The fraction of sp³-hybridized carbons (Fsp3) is 0.350. The Balaban J connectivity index is 1.52. The highest BCUT2D eigenvalue weighted by Crippen LogP contribution is 2.44. The lowest BCUT2D eigenvalue weighted by atomic mass is 10.0. The van der Waals surface area contributed by atoms with E-state index in [0.717, 1.165) is 22.2 Å². The van der Waals surface area contributed by atoms with Crippen molar-refractivity contribution in [2.24, 2.45) is 13.0 Å². The van der Waals surface area contributed by atoms with Gasteiger partial charge in [0.1, 0.15) is 12.0 Å². The van der Waals surface area contributed by atoms with Crippen molar-refractivity contribution >= 4 is 22.6 Å². The van der Waals surface area contributed by atoms with Crippen LogP contribution in [0.1, 0.15) is 30.7 Å². The van der Waals surface area contributed by atoms with Crippen LogP contribution in [-0.4, -0.2) is 26.6 Å². The van der Waals surface area contributed by atoms with Gasteiger partial charge in [-0.1, -0.05) is 0 Å². The first-order valence-electron chi connectivity index (χ1n) is 8.96. The number of aromatic nitrogens is 3. The molecule has 26 heavy (non-hydrogen) atoms. The van der Waals surface area contributed by atoms with Gasteiger partial charge < -0.3 is 9.88 Å². The molecule has 0 spiro atoms. The van der Waals surface area contributed by atoms with E-state index in [1.165, 1.54) is 18.4 Å². The van der Waals surface area contributed by atoms with E-state index >= 15 is 0 Å². The van der Waals surface area contributed by atoms with Crippen LogP contribution in [-0.2, 0) is 11.8 Å². The summed E-state index contributed by atoms with van der Waals surface area (Å²) in [5, 5.41) is 3.71.